The Morgan fingerprint density at radius 3 is 1.56 bits per heavy atom. The molecule has 0 saturated heterocycles. The summed E-state index contributed by atoms with van der Waals surface area (Å²) >= 11 is 0. The van der Waals surface area contributed by atoms with Crippen LogP contribution in [0.2, 0.25) is 0 Å². The van der Waals surface area contributed by atoms with Gasteiger partial charge in [-0.2, -0.15) is 0 Å². The van der Waals surface area contributed by atoms with Crippen molar-refractivity contribution in [3.8, 4) is 0 Å². The Bertz CT molecular complexity index is 231. The van der Waals surface area contributed by atoms with Crippen molar-refractivity contribution in [1.82, 2.24) is 0 Å². The minimum Gasteiger partial charge on any atom is -0.425 e. The molecule has 0 aromatic rings. The van der Waals surface area contributed by atoms with Gasteiger partial charge < -0.3 is 18.9 Å². The molecule has 6 heteroatoms. The molecule has 0 aliphatic heterocycles. The van der Waals surface area contributed by atoms with E-state index in [9.17, 15) is 9.59 Å². The molecule has 0 atom stereocenters. The molecule has 0 heterocycles. The maximum Gasteiger partial charge on any atom is 0.308 e. The Balaban J connectivity index is 4.27. The highest BCUT2D eigenvalue weighted by Gasteiger charge is 2.19. The van der Waals surface area contributed by atoms with E-state index in [1.807, 2.05) is 0 Å². The number of esters is 2. The van der Waals surface area contributed by atoms with Gasteiger partial charge in [0.05, 0.1) is 0 Å². The molecule has 0 spiro atoms. The molecule has 0 aromatic heterocycles. The van der Waals surface area contributed by atoms with Gasteiger partial charge in [-0.25, -0.2) is 0 Å². The molecule has 106 valence electrons. The lowest BCUT2D eigenvalue weighted by Crippen LogP contribution is -2.26. The summed E-state index contributed by atoms with van der Waals surface area (Å²) in [5.41, 5.74) is 0. The normalized spacial score (nSPS) is 10.8. The van der Waals surface area contributed by atoms with Gasteiger partial charge in [-0.3, -0.25) is 9.59 Å². The summed E-state index contributed by atoms with van der Waals surface area (Å²) in [6.07, 6.45) is -0.0166. The van der Waals surface area contributed by atoms with Gasteiger partial charge in [0.25, 0.3) is 0 Å². The molecule has 0 aliphatic carbocycles. The van der Waals surface area contributed by atoms with Crippen molar-refractivity contribution in [2.75, 3.05) is 14.2 Å². The monoisotopic (exact) mass is 262 g/mol. The zero-order valence-corrected chi connectivity index (χ0v) is 11.4. The van der Waals surface area contributed by atoms with E-state index in [0.717, 1.165) is 0 Å². The molecule has 0 fully saturated rings. The van der Waals surface area contributed by atoms with Crippen LogP contribution in [0.4, 0.5) is 0 Å². The van der Waals surface area contributed by atoms with Gasteiger partial charge in [0, 0.05) is 39.9 Å². The number of rotatable bonds is 9. The molecule has 0 amide bonds. The van der Waals surface area contributed by atoms with Crippen molar-refractivity contribution in [1.29, 1.82) is 0 Å². The first-order valence-electron chi connectivity index (χ1n) is 6.01. The summed E-state index contributed by atoms with van der Waals surface area (Å²) in [5, 5.41) is 0. The number of hydrogen-bond donors (Lipinski definition) is 0. The van der Waals surface area contributed by atoms with Crippen LogP contribution in [0.5, 0.6) is 0 Å². The predicted molar refractivity (Wildman–Crippen MR) is 63.6 cm³/mol. The average Bonchev–Trinajstić information content (AvgIpc) is 2.39. The van der Waals surface area contributed by atoms with Gasteiger partial charge in [0.1, 0.15) is 0 Å². The summed E-state index contributed by atoms with van der Waals surface area (Å²) in [4.78, 5) is 22.4. The summed E-state index contributed by atoms with van der Waals surface area (Å²) in [7, 11) is 3.03. The van der Waals surface area contributed by atoms with Crippen molar-refractivity contribution < 1.29 is 28.5 Å². The fourth-order valence-electron chi connectivity index (χ4n) is 1.21. The summed E-state index contributed by atoms with van der Waals surface area (Å²) in [5.74, 6) is -0.814. The van der Waals surface area contributed by atoms with Gasteiger partial charge in [-0.05, 0) is 0 Å². The number of hydrogen-bond acceptors (Lipinski definition) is 6. The van der Waals surface area contributed by atoms with Crippen molar-refractivity contribution in [2.24, 2.45) is 0 Å². The number of carbonyl (C=O) groups is 2. The van der Waals surface area contributed by atoms with Crippen LogP contribution >= 0.6 is 0 Å². The highest BCUT2D eigenvalue weighted by atomic mass is 16.7. The third-order valence-electron chi connectivity index (χ3n) is 2.27. The third-order valence-corrected chi connectivity index (χ3v) is 2.27. The molecule has 0 aromatic carbocycles. The van der Waals surface area contributed by atoms with Crippen LogP contribution in [-0.2, 0) is 28.5 Å². The van der Waals surface area contributed by atoms with Gasteiger partial charge >= 0.3 is 11.9 Å². The van der Waals surface area contributed by atoms with E-state index in [4.69, 9.17) is 18.9 Å². The van der Waals surface area contributed by atoms with Gasteiger partial charge in [-0.15, -0.1) is 0 Å². The largest absolute Gasteiger partial charge is 0.425 e. The van der Waals surface area contributed by atoms with Gasteiger partial charge in [0.15, 0.2) is 6.29 Å². The molecule has 0 unspecified atom stereocenters. The van der Waals surface area contributed by atoms with Crippen LogP contribution in [0.15, 0.2) is 0 Å². The van der Waals surface area contributed by atoms with Crippen LogP contribution in [0.25, 0.3) is 0 Å². The molecule has 0 rings (SSSR count). The molecule has 0 bridgehead atoms. The molecule has 0 radical (unpaired) electrons. The SMILES string of the molecule is CCC(=O)OC(CCC(OC)OC)OC(=O)CC. The second-order valence-electron chi connectivity index (χ2n) is 3.59. The van der Waals surface area contributed by atoms with E-state index in [2.05, 4.69) is 0 Å². The maximum absolute atomic E-state index is 11.2. The highest BCUT2D eigenvalue weighted by molar-refractivity contribution is 5.71. The summed E-state index contributed by atoms with van der Waals surface area (Å²) in [6, 6.07) is 0. The second kappa shape index (κ2) is 9.85. The minimum atomic E-state index is -0.877. The van der Waals surface area contributed by atoms with E-state index < -0.39 is 24.5 Å². The lowest BCUT2D eigenvalue weighted by molar-refractivity contribution is -0.193. The van der Waals surface area contributed by atoms with E-state index in [-0.39, 0.29) is 12.8 Å². The Morgan fingerprint density at radius 2 is 1.22 bits per heavy atom. The molecule has 0 saturated carbocycles. The van der Waals surface area contributed by atoms with Crippen molar-refractivity contribution in [2.45, 2.75) is 52.1 Å². The van der Waals surface area contributed by atoms with E-state index >= 15 is 0 Å². The smallest absolute Gasteiger partial charge is 0.308 e. The van der Waals surface area contributed by atoms with Gasteiger partial charge in [-0.1, -0.05) is 13.8 Å². The Morgan fingerprint density at radius 1 is 0.833 bits per heavy atom. The lowest BCUT2D eigenvalue weighted by Gasteiger charge is -2.20. The van der Waals surface area contributed by atoms with Gasteiger partial charge in [0.2, 0.25) is 6.29 Å². The molecular formula is C12H22O6. The number of carbonyl (C=O) groups excluding carboxylic acids is 2. The topological polar surface area (TPSA) is 71.1 Å². The standard InChI is InChI=1S/C12H22O6/c1-5-9(13)17-12(18-10(14)6-2)8-7-11(15-3)16-4/h11-12H,5-8H2,1-4H3. The third kappa shape index (κ3) is 7.24. The van der Waals surface area contributed by atoms with Crippen LogP contribution < -0.4 is 0 Å². The maximum atomic E-state index is 11.2. The van der Waals surface area contributed by atoms with E-state index in [0.29, 0.717) is 12.8 Å². The quantitative estimate of drug-likeness (QED) is 0.464. The number of ether oxygens (including phenoxy) is 4. The van der Waals surface area contributed by atoms with Crippen LogP contribution in [0.1, 0.15) is 39.5 Å². The number of methoxy groups -OCH3 is 2. The second-order valence-corrected chi connectivity index (χ2v) is 3.59. The fraction of sp³-hybridized carbons (Fsp3) is 0.833. The van der Waals surface area contributed by atoms with Crippen molar-refractivity contribution in [3.63, 3.8) is 0 Å². The first-order valence-corrected chi connectivity index (χ1v) is 6.01. The van der Waals surface area contributed by atoms with Crippen LogP contribution in [0.3, 0.4) is 0 Å². The minimum absolute atomic E-state index is 0.234. The molecule has 0 aliphatic rings. The predicted octanol–water partition coefficient (Wildman–Crippen LogP) is 1.62. The van der Waals surface area contributed by atoms with Crippen LogP contribution in [0, 0.1) is 0 Å². The van der Waals surface area contributed by atoms with E-state index in [1.165, 1.54) is 14.2 Å². The molecule has 18 heavy (non-hydrogen) atoms. The molecule has 0 N–H and O–H groups in total. The summed E-state index contributed by atoms with van der Waals surface area (Å²) < 4.78 is 20.1. The van der Waals surface area contributed by atoms with Crippen molar-refractivity contribution >= 4 is 11.9 Å². The Kier molecular flexibility index (Phi) is 9.22. The zero-order chi connectivity index (χ0) is 14.0. The highest BCUT2D eigenvalue weighted by Crippen LogP contribution is 2.11. The van der Waals surface area contributed by atoms with Crippen LogP contribution in [-0.4, -0.2) is 38.7 Å². The molecular weight excluding hydrogens is 240 g/mol. The molecule has 6 nitrogen and oxygen atoms in total. The Labute approximate surface area is 108 Å². The Hall–Kier alpha value is -1.14. The zero-order valence-electron chi connectivity index (χ0n) is 11.4. The fourth-order valence-corrected chi connectivity index (χ4v) is 1.21. The average molecular weight is 262 g/mol. The van der Waals surface area contributed by atoms with Crippen molar-refractivity contribution in [3.05, 3.63) is 0 Å². The van der Waals surface area contributed by atoms with E-state index in [1.54, 1.807) is 13.8 Å². The lowest BCUT2D eigenvalue weighted by atomic mass is 10.3. The summed E-state index contributed by atoms with van der Waals surface area (Å²) in [6.45, 7) is 3.35. The first kappa shape index (κ1) is 16.9. The first-order chi connectivity index (χ1) is 8.57.